The zero-order valence-electron chi connectivity index (χ0n) is 10.4. The Morgan fingerprint density at radius 2 is 1.29 bits per heavy atom. The van der Waals surface area contributed by atoms with Gasteiger partial charge in [0.2, 0.25) is 0 Å². The van der Waals surface area contributed by atoms with E-state index in [4.69, 9.17) is 0 Å². The second-order valence-corrected chi connectivity index (χ2v) is 6.05. The van der Waals surface area contributed by atoms with Crippen LogP contribution < -0.4 is 15.3 Å². The fourth-order valence-corrected chi connectivity index (χ4v) is 4.01. The van der Waals surface area contributed by atoms with Crippen LogP contribution in [0.1, 0.15) is 11.1 Å². The van der Waals surface area contributed by atoms with E-state index in [0.717, 1.165) is 9.52 Å². The molecule has 2 heteroatoms. The molecule has 3 rings (SSSR count). The van der Waals surface area contributed by atoms with Gasteiger partial charge in [-0.25, -0.2) is 0 Å². The van der Waals surface area contributed by atoms with E-state index in [1.165, 1.54) is 32.9 Å². The van der Waals surface area contributed by atoms with Crippen LogP contribution in [0.25, 0.3) is 0 Å². The standard InChI is InChI=1S/C15H15NSi/c1-10-4-6-12-14(8-10)17-15-9-11(2)5-7-13(15)16(12)3/h4-9H,1-3H3. The summed E-state index contributed by atoms with van der Waals surface area (Å²) < 4.78 is 0. The Kier molecular flexibility index (Phi) is 2.33. The van der Waals surface area contributed by atoms with Crippen molar-refractivity contribution in [1.29, 1.82) is 0 Å². The Labute approximate surface area is 105 Å². The van der Waals surface area contributed by atoms with E-state index in [2.05, 4.69) is 62.2 Å². The van der Waals surface area contributed by atoms with Crippen LogP contribution in [-0.4, -0.2) is 16.6 Å². The highest BCUT2D eigenvalue weighted by atomic mass is 28.2. The van der Waals surface area contributed by atoms with Crippen LogP contribution in [0.2, 0.25) is 0 Å². The molecule has 0 aliphatic carbocycles. The molecule has 0 amide bonds. The van der Waals surface area contributed by atoms with Crippen molar-refractivity contribution in [2.45, 2.75) is 13.8 Å². The van der Waals surface area contributed by atoms with Gasteiger partial charge in [-0.1, -0.05) is 35.4 Å². The fourth-order valence-electron chi connectivity index (χ4n) is 2.36. The molecule has 0 saturated heterocycles. The highest BCUT2D eigenvalue weighted by molar-refractivity contribution is 6.71. The van der Waals surface area contributed by atoms with Crippen LogP contribution in [0.15, 0.2) is 36.4 Å². The van der Waals surface area contributed by atoms with Crippen LogP contribution >= 0.6 is 0 Å². The molecule has 1 heterocycles. The van der Waals surface area contributed by atoms with Crippen molar-refractivity contribution in [3.8, 4) is 0 Å². The van der Waals surface area contributed by atoms with E-state index in [0.29, 0.717) is 0 Å². The summed E-state index contributed by atoms with van der Waals surface area (Å²) in [4.78, 5) is 2.31. The lowest BCUT2D eigenvalue weighted by molar-refractivity contribution is 1.21. The molecule has 84 valence electrons. The normalized spacial score (nSPS) is 13.2. The van der Waals surface area contributed by atoms with Gasteiger partial charge in [-0.05, 0) is 36.4 Å². The smallest absolute Gasteiger partial charge is 0.127 e. The van der Waals surface area contributed by atoms with Gasteiger partial charge in [0.05, 0.1) is 0 Å². The molecule has 0 unspecified atom stereocenters. The molecule has 0 fully saturated rings. The minimum absolute atomic E-state index is 0.781. The fraction of sp³-hybridized carbons (Fsp3) is 0.200. The second-order valence-electron chi connectivity index (χ2n) is 4.73. The first kappa shape index (κ1) is 10.6. The lowest BCUT2D eigenvalue weighted by atomic mass is 10.1. The van der Waals surface area contributed by atoms with Gasteiger partial charge < -0.3 is 4.90 Å². The number of fused-ring (bicyclic) bond motifs is 2. The van der Waals surface area contributed by atoms with Crippen LogP contribution in [0.3, 0.4) is 0 Å². The summed E-state index contributed by atoms with van der Waals surface area (Å²) >= 11 is 0. The van der Waals surface area contributed by atoms with Crippen molar-refractivity contribution >= 4 is 31.3 Å². The number of rotatable bonds is 0. The third-order valence-electron chi connectivity index (χ3n) is 3.30. The third-order valence-corrected chi connectivity index (χ3v) is 4.64. The predicted molar refractivity (Wildman–Crippen MR) is 75.4 cm³/mol. The van der Waals surface area contributed by atoms with Gasteiger partial charge in [0.15, 0.2) is 0 Å². The number of hydrogen-bond donors (Lipinski definition) is 0. The molecule has 0 spiro atoms. The average molecular weight is 237 g/mol. The van der Waals surface area contributed by atoms with Gasteiger partial charge in [0, 0.05) is 18.4 Å². The van der Waals surface area contributed by atoms with Gasteiger partial charge in [-0.3, -0.25) is 0 Å². The molecular formula is C15H15NSi. The van der Waals surface area contributed by atoms with Crippen LogP contribution in [0.4, 0.5) is 11.4 Å². The maximum atomic E-state index is 2.32. The number of anilines is 2. The first-order valence-electron chi connectivity index (χ1n) is 5.87. The van der Waals surface area contributed by atoms with E-state index in [1.54, 1.807) is 0 Å². The Morgan fingerprint density at radius 1 is 0.824 bits per heavy atom. The van der Waals surface area contributed by atoms with E-state index >= 15 is 0 Å². The van der Waals surface area contributed by atoms with Crippen molar-refractivity contribution < 1.29 is 0 Å². The molecular weight excluding hydrogens is 222 g/mol. The van der Waals surface area contributed by atoms with Crippen LogP contribution in [0.5, 0.6) is 0 Å². The molecule has 0 aromatic heterocycles. The summed E-state index contributed by atoms with van der Waals surface area (Å²) in [5.41, 5.74) is 5.40. The summed E-state index contributed by atoms with van der Waals surface area (Å²) in [6, 6.07) is 13.5. The molecule has 0 atom stereocenters. The van der Waals surface area contributed by atoms with Crippen molar-refractivity contribution in [2.75, 3.05) is 11.9 Å². The maximum Gasteiger partial charge on any atom is 0.127 e. The Bertz CT molecular complexity index is 538. The first-order chi connectivity index (χ1) is 8.15. The van der Waals surface area contributed by atoms with Gasteiger partial charge >= 0.3 is 0 Å². The Morgan fingerprint density at radius 3 is 1.76 bits per heavy atom. The van der Waals surface area contributed by atoms with Gasteiger partial charge in [0.1, 0.15) is 9.52 Å². The number of aryl methyl sites for hydroxylation is 2. The van der Waals surface area contributed by atoms with E-state index < -0.39 is 0 Å². The van der Waals surface area contributed by atoms with Crippen molar-refractivity contribution in [3.63, 3.8) is 0 Å². The highest BCUT2D eigenvalue weighted by Crippen LogP contribution is 2.24. The molecule has 2 aromatic carbocycles. The summed E-state index contributed by atoms with van der Waals surface area (Å²) in [5, 5.41) is 2.93. The second kappa shape index (κ2) is 3.74. The topological polar surface area (TPSA) is 3.24 Å². The number of nitrogens with zero attached hydrogens (tertiary/aromatic N) is 1. The molecule has 2 aromatic rings. The van der Waals surface area contributed by atoms with Crippen molar-refractivity contribution in [3.05, 3.63) is 47.5 Å². The largest absolute Gasteiger partial charge is 0.345 e. The van der Waals surface area contributed by atoms with E-state index in [9.17, 15) is 0 Å². The van der Waals surface area contributed by atoms with Crippen molar-refractivity contribution in [2.24, 2.45) is 0 Å². The maximum absolute atomic E-state index is 2.32. The summed E-state index contributed by atoms with van der Waals surface area (Å²) in [7, 11) is 2.94. The number of benzene rings is 2. The average Bonchev–Trinajstić information content (AvgIpc) is 2.28. The van der Waals surface area contributed by atoms with Crippen LogP contribution in [0, 0.1) is 13.8 Å². The zero-order chi connectivity index (χ0) is 12.0. The van der Waals surface area contributed by atoms with Gasteiger partial charge in [0.25, 0.3) is 0 Å². The Hall–Kier alpha value is -1.54. The highest BCUT2D eigenvalue weighted by Gasteiger charge is 2.20. The lowest BCUT2D eigenvalue weighted by Crippen LogP contribution is -2.40. The van der Waals surface area contributed by atoms with Crippen LogP contribution in [-0.2, 0) is 0 Å². The lowest BCUT2D eigenvalue weighted by Gasteiger charge is -2.30. The third kappa shape index (κ3) is 1.69. The summed E-state index contributed by atoms with van der Waals surface area (Å²) in [6.45, 7) is 4.33. The molecule has 0 saturated carbocycles. The first-order valence-corrected chi connectivity index (χ1v) is 6.87. The summed E-state index contributed by atoms with van der Waals surface area (Å²) in [5.74, 6) is 0. The SMILES string of the molecule is Cc1ccc2c(c1)[Si]c1cc(C)ccc1N2C. The monoisotopic (exact) mass is 237 g/mol. The molecule has 1 nitrogen and oxygen atoms in total. The molecule has 0 N–H and O–H groups in total. The van der Waals surface area contributed by atoms with Crippen molar-refractivity contribution in [1.82, 2.24) is 0 Å². The molecule has 1 aliphatic heterocycles. The molecule has 0 bridgehead atoms. The number of hydrogen-bond acceptors (Lipinski definition) is 1. The Balaban J connectivity index is 2.17. The quantitative estimate of drug-likeness (QED) is 0.634. The predicted octanol–water partition coefficient (Wildman–Crippen LogP) is 2.04. The van der Waals surface area contributed by atoms with Gasteiger partial charge in [-0.2, -0.15) is 0 Å². The molecule has 2 radical (unpaired) electrons. The minimum Gasteiger partial charge on any atom is -0.345 e. The molecule has 1 aliphatic rings. The van der Waals surface area contributed by atoms with E-state index in [-0.39, 0.29) is 0 Å². The summed E-state index contributed by atoms with van der Waals surface area (Å²) in [6.07, 6.45) is 0. The van der Waals surface area contributed by atoms with Gasteiger partial charge in [-0.15, -0.1) is 0 Å². The molecule has 17 heavy (non-hydrogen) atoms. The zero-order valence-corrected chi connectivity index (χ0v) is 11.4. The van der Waals surface area contributed by atoms with E-state index in [1.807, 2.05) is 0 Å². The minimum atomic E-state index is 0.781.